The maximum Gasteiger partial charge on any atom is 0.323 e. The molecule has 4 nitrogen and oxygen atoms in total. The summed E-state index contributed by atoms with van der Waals surface area (Å²) in [5.74, 6) is 0. The average molecular weight is 382 g/mol. The number of benzene rings is 3. The van der Waals surface area contributed by atoms with E-state index in [0.717, 1.165) is 27.2 Å². The summed E-state index contributed by atoms with van der Waals surface area (Å²) in [6, 6.07) is 24.6. The Morgan fingerprint density at radius 1 is 0.625 bits per heavy atom. The molecule has 2 amide bonds. The number of hydrogen-bond donors (Lipinski definition) is 3. The SMILES string of the molecule is O=C(Nc1ccc(Br)cc1)Nc1ccc(Nc2ccccc2)cc1. The van der Waals surface area contributed by atoms with Gasteiger partial charge in [0.15, 0.2) is 0 Å². The second kappa shape index (κ2) is 7.66. The zero-order valence-corrected chi connectivity index (χ0v) is 14.4. The second-order valence-electron chi connectivity index (χ2n) is 5.15. The Labute approximate surface area is 149 Å². The first-order valence-corrected chi connectivity index (χ1v) is 8.24. The first-order valence-electron chi connectivity index (χ1n) is 7.45. The van der Waals surface area contributed by atoms with Gasteiger partial charge in [-0.3, -0.25) is 0 Å². The van der Waals surface area contributed by atoms with Gasteiger partial charge in [-0.2, -0.15) is 0 Å². The molecule has 0 spiro atoms. The van der Waals surface area contributed by atoms with E-state index in [9.17, 15) is 4.79 Å². The van der Waals surface area contributed by atoms with E-state index in [1.807, 2.05) is 78.9 Å². The third-order valence-electron chi connectivity index (χ3n) is 3.31. The van der Waals surface area contributed by atoms with Crippen molar-refractivity contribution in [2.24, 2.45) is 0 Å². The highest BCUT2D eigenvalue weighted by atomic mass is 79.9. The van der Waals surface area contributed by atoms with Gasteiger partial charge in [0.25, 0.3) is 0 Å². The molecule has 120 valence electrons. The number of anilines is 4. The van der Waals surface area contributed by atoms with Crippen molar-refractivity contribution in [3.05, 3.63) is 83.3 Å². The highest BCUT2D eigenvalue weighted by molar-refractivity contribution is 9.10. The topological polar surface area (TPSA) is 53.2 Å². The average Bonchev–Trinajstić information content (AvgIpc) is 2.60. The van der Waals surface area contributed by atoms with Crippen LogP contribution in [-0.2, 0) is 0 Å². The van der Waals surface area contributed by atoms with Crippen molar-refractivity contribution < 1.29 is 4.79 Å². The molecule has 3 N–H and O–H groups in total. The molecule has 24 heavy (non-hydrogen) atoms. The number of rotatable bonds is 4. The van der Waals surface area contributed by atoms with Crippen molar-refractivity contribution in [2.45, 2.75) is 0 Å². The first-order chi connectivity index (χ1) is 11.7. The fourth-order valence-corrected chi connectivity index (χ4v) is 2.42. The number of carbonyl (C=O) groups excluding carboxylic acids is 1. The molecule has 0 aromatic heterocycles. The van der Waals surface area contributed by atoms with Crippen LogP contribution in [0.2, 0.25) is 0 Å². The maximum absolute atomic E-state index is 12.0. The standard InChI is InChI=1S/C19H16BrN3O/c20-14-6-8-17(9-7-14)22-19(24)23-18-12-10-16(11-13-18)21-15-4-2-1-3-5-15/h1-13,21H,(H2,22,23,24). The highest BCUT2D eigenvalue weighted by Gasteiger charge is 2.03. The van der Waals surface area contributed by atoms with Gasteiger partial charge in [-0.05, 0) is 60.7 Å². The molecule has 0 aliphatic carbocycles. The van der Waals surface area contributed by atoms with Crippen molar-refractivity contribution in [3.63, 3.8) is 0 Å². The molecular formula is C19H16BrN3O. The van der Waals surface area contributed by atoms with Gasteiger partial charge >= 0.3 is 6.03 Å². The van der Waals surface area contributed by atoms with Gasteiger partial charge in [-0.1, -0.05) is 34.1 Å². The van der Waals surface area contributed by atoms with Crippen molar-refractivity contribution in [3.8, 4) is 0 Å². The van der Waals surface area contributed by atoms with Crippen LogP contribution in [-0.4, -0.2) is 6.03 Å². The van der Waals surface area contributed by atoms with Gasteiger partial charge in [0, 0.05) is 27.2 Å². The normalized spacial score (nSPS) is 10.0. The number of amides is 2. The summed E-state index contributed by atoms with van der Waals surface area (Å²) in [6.07, 6.45) is 0. The number of carbonyl (C=O) groups is 1. The minimum Gasteiger partial charge on any atom is -0.356 e. The number of halogens is 1. The van der Waals surface area contributed by atoms with Crippen molar-refractivity contribution in [1.29, 1.82) is 0 Å². The van der Waals surface area contributed by atoms with Crippen LogP contribution in [0.25, 0.3) is 0 Å². The number of para-hydroxylation sites is 1. The Kier molecular flexibility index (Phi) is 5.13. The molecule has 0 bridgehead atoms. The van der Waals surface area contributed by atoms with E-state index < -0.39 is 0 Å². The Morgan fingerprint density at radius 2 is 1.08 bits per heavy atom. The smallest absolute Gasteiger partial charge is 0.323 e. The second-order valence-corrected chi connectivity index (χ2v) is 6.07. The van der Waals surface area contributed by atoms with E-state index in [0.29, 0.717) is 0 Å². The number of nitrogens with one attached hydrogen (secondary N) is 3. The van der Waals surface area contributed by atoms with Gasteiger partial charge in [0.05, 0.1) is 0 Å². The van der Waals surface area contributed by atoms with Crippen LogP contribution < -0.4 is 16.0 Å². The van der Waals surface area contributed by atoms with E-state index >= 15 is 0 Å². The lowest BCUT2D eigenvalue weighted by Crippen LogP contribution is -2.19. The van der Waals surface area contributed by atoms with E-state index in [1.54, 1.807) is 0 Å². The molecule has 0 heterocycles. The van der Waals surface area contributed by atoms with Crippen LogP contribution in [0.1, 0.15) is 0 Å². The van der Waals surface area contributed by atoms with Crippen LogP contribution >= 0.6 is 15.9 Å². The lowest BCUT2D eigenvalue weighted by molar-refractivity contribution is 0.262. The third kappa shape index (κ3) is 4.60. The van der Waals surface area contributed by atoms with Crippen LogP contribution in [0.5, 0.6) is 0 Å². The molecule has 0 saturated carbocycles. The van der Waals surface area contributed by atoms with Gasteiger partial charge in [-0.15, -0.1) is 0 Å². The Bertz CT molecular complexity index is 802. The minimum absolute atomic E-state index is 0.277. The summed E-state index contributed by atoms with van der Waals surface area (Å²) < 4.78 is 0.968. The van der Waals surface area contributed by atoms with Crippen LogP contribution in [0.4, 0.5) is 27.5 Å². The van der Waals surface area contributed by atoms with E-state index in [-0.39, 0.29) is 6.03 Å². The predicted molar refractivity (Wildman–Crippen MR) is 103 cm³/mol. The molecule has 0 aliphatic rings. The fraction of sp³-hybridized carbons (Fsp3) is 0. The summed E-state index contributed by atoms with van der Waals surface area (Å²) in [5.41, 5.74) is 3.44. The lowest BCUT2D eigenvalue weighted by atomic mass is 10.2. The Hall–Kier alpha value is -2.79. The molecule has 3 rings (SSSR count). The quantitative estimate of drug-likeness (QED) is 0.531. The summed E-state index contributed by atoms with van der Waals surface area (Å²) >= 11 is 3.36. The number of urea groups is 1. The van der Waals surface area contributed by atoms with E-state index in [1.165, 1.54) is 0 Å². The summed E-state index contributed by atoms with van der Waals surface area (Å²) in [5, 5.41) is 8.89. The third-order valence-corrected chi connectivity index (χ3v) is 3.84. The van der Waals surface area contributed by atoms with Crippen LogP contribution in [0, 0.1) is 0 Å². The molecule has 0 saturated heterocycles. The molecule has 0 aliphatic heterocycles. The summed E-state index contributed by atoms with van der Waals surface area (Å²) in [4.78, 5) is 12.0. The maximum atomic E-state index is 12.0. The van der Waals surface area contributed by atoms with Crippen molar-refractivity contribution >= 4 is 44.7 Å². The molecule has 0 radical (unpaired) electrons. The van der Waals surface area contributed by atoms with E-state index in [4.69, 9.17) is 0 Å². The van der Waals surface area contributed by atoms with E-state index in [2.05, 4.69) is 31.9 Å². The molecular weight excluding hydrogens is 366 g/mol. The first kappa shape index (κ1) is 16.1. The van der Waals surface area contributed by atoms with Gasteiger partial charge in [0.2, 0.25) is 0 Å². The van der Waals surface area contributed by atoms with Gasteiger partial charge in [0.1, 0.15) is 0 Å². The van der Waals surface area contributed by atoms with Gasteiger partial charge in [-0.25, -0.2) is 4.79 Å². The van der Waals surface area contributed by atoms with Crippen molar-refractivity contribution in [1.82, 2.24) is 0 Å². The highest BCUT2D eigenvalue weighted by Crippen LogP contribution is 2.19. The van der Waals surface area contributed by atoms with Crippen molar-refractivity contribution in [2.75, 3.05) is 16.0 Å². The monoisotopic (exact) mass is 381 g/mol. The predicted octanol–water partition coefficient (Wildman–Crippen LogP) is 5.84. The largest absolute Gasteiger partial charge is 0.356 e. The molecule has 0 atom stereocenters. The molecule has 0 unspecified atom stereocenters. The molecule has 0 fully saturated rings. The van der Waals surface area contributed by atoms with Crippen LogP contribution in [0.15, 0.2) is 83.3 Å². The summed E-state index contributed by atoms with van der Waals surface area (Å²) in [6.45, 7) is 0. The van der Waals surface area contributed by atoms with Gasteiger partial charge < -0.3 is 16.0 Å². The Balaban J connectivity index is 1.57. The fourth-order valence-electron chi connectivity index (χ4n) is 2.15. The number of hydrogen-bond acceptors (Lipinski definition) is 2. The summed E-state index contributed by atoms with van der Waals surface area (Å²) in [7, 11) is 0. The minimum atomic E-state index is -0.277. The molecule has 5 heteroatoms. The van der Waals surface area contributed by atoms with Crippen LogP contribution in [0.3, 0.4) is 0 Å². The molecule has 3 aromatic rings. The molecule has 3 aromatic carbocycles. The lowest BCUT2D eigenvalue weighted by Gasteiger charge is -2.10. The zero-order valence-electron chi connectivity index (χ0n) is 12.8. The Morgan fingerprint density at radius 3 is 1.67 bits per heavy atom. The zero-order chi connectivity index (χ0) is 16.8.